The number of halogens is 1. The number of methoxy groups -OCH3 is 1. The standard InChI is InChI=1S/C26H22ClNO5/c1-3-15-4-9-18(10-5-15)28-23(16-6-11-19(29)12-7-16)22(25(31)26(28)32)24(30)17-8-13-20(27)21(14-17)33-2/h4-14,23,29-30H,3H2,1-2H3/b24-22-. The van der Waals surface area contributed by atoms with Crippen molar-refractivity contribution in [2.24, 2.45) is 0 Å². The Hall–Kier alpha value is -3.77. The maximum absolute atomic E-state index is 13.2. The van der Waals surface area contributed by atoms with Crippen LogP contribution in [-0.4, -0.2) is 29.0 Å². The molecule has 168 valence electrons. The number of carbonyl (C=O) groups is 2. The van der Waals surface area contributed by atoms with Crippen LogP contribution in [0.25, 0.3) is 5.76 Å². The minimum atomic E-state index is -0.889. The van der Waals surface area contributed by atoms with Gasteiger partial charge in [-0.15, -0.1) is 0 Å². The Labute approximate surface area is 196 Å². The summed E-state index contributed by atoms with van der Waals surface area (Å²) in [5.74, 6) is -1.52. The lowest BCUT2D eigenvalue weighted by Crippen LogP contribution is -2.29. The van der Waals surface area contributed by atoms with Crippen LogP contribution < -0.4 is 9.64 Å². The van der Waals surface area contributed by atoms with Gasteiger partial charge in [0.25, 0.3) is 11.7 Å². The summed E-state index contributed by atoms with van der Waals surface area (Å²) in [5, 5.41) is 21.3. The van der Waals surface area contributed by atoms with Crippen LogP contribution in [0.2, 0.25) is 5.02 Å². The summed E-state index contributed by atoms with van der Waals surface area (Å²) < 4.78 is 5.23. The number of aliphatic hydroxyl groups is 1. The van der Waals surface area contributed by atoms with Gasteiger partial charge in [0.05, 0.1) is 23.7 Å². The third kappa shape index (κ3) is 4.05. The number of anilines is 1. The van der Waals surface area contributed by atoms with Gasteiger partial charge in [-0.2, -0.15) is 0 Å². The molecule has 1 unspecified atom stereocenters. The summed E-state index contributed by atoms with van der Waals surface area (Å²) in [7, 11) is 1.44. The Balaban J connectivity index is 1.92. The first-order chi connectivity index (χ1) is 15.8. The van der Waals surface area contributed by atoms with E-state index in [9.17, 15) is 19.8 Å². The number of rotatable bonds is 5. The van der Waals surface area contributed by atoms with Gasteiger partial charge in [-0.25, -0.2) is 0 Å². The summed E-state index contributed by atoms with van der Waals surface area (Å²) in [6.07, 6.45) is 0.832. The van der Waals surface area contributed by atoms with Crippen molar-refractivity contribution in [3.05, 3.63) is 94.0 Å². The molecular formula is C26H22ClNO5. The van der Waals surface area contributed by atoms with Gasteiger partial charge in [0, 0.05) is 11.3 Å². The monoisotopic (exact) mass is 463 g/mol. The van der Waals surface area contributed by atoms with E-state index < -0.39 is 17.7 Å². The Morgan fingerprint density at radius 1 is 1.03 bits per heavy atom. The van der Waals surface area contributed by atoms with Gasteiger partial charge in [-0.1, -0.05) is 42.8 Å². The van der Waals surface area contributed by atoms with Crippen molar-refractivity contribution in [3.8, 4) is 11.5 Å². The number of amides is 1. The zero-order chi connectivity index (χ0) is 23.7. The SMILES string of the molecule is CCc1ccc(N2C(=O)C(=O)/C(=C(\O)c3ccc(Cl)c(OC)c3)C2c2ccc(O)cc2)cc1. The Kier molecular flexibility index (Phi) is 6.11. The van der Waals surface area contributed by atoms with Crippen molar-refractivity contribution in [2.75, 3.05) is 12.0 Å². The lowest BCUT2D eigenvalue weighted by Gasteiger charge is -2.25. The summed E-state index contributed by atoms with van der Waals surface area (Å²) in [5.41, 5.74) is 2.41. The van der Waals surface area contributed by atoms with Gasteiger partial charge in [-0.05, 0) is 60.0 Å². The van der Waals surface area contributed by atoms with E-state index in [2.05, 4.69) is 0 Å². The third-order valence-corrected chi connectivity index (χ3v) is 6.01. The quantitative estimate of drug-likeness (QED) is 0.307. The molecule has 0 bridgehead atoms. The molecule has 4 rings (SSSR count). The lowest BCUT2D eigenvalue weighted by atomic mass is 9.95. The Morgan fingerprint density at radius 3 is 2.30 bits per heavy atom. The number of nitrogens with zero attached hydrogens (tertiary/aromatic N) is 1. The molecule has 0 radical (unpaired) electrons. The zero-order valence-electron chi connectivity index (χ0n) is 18.1. The maximum atomic E-state index is 13.2. The van der Waals surface area contributed by atoms with Gasteiger partial charge in [0.1, 0.15) is 17.3 Å². The molecule has 3 aromatic rings. The fourth-order valence-electron chi connectivity index (χ4n) is 3.93. The number of benzene rings is 3. The van der Waals surface area contributed by atoms with Crippen LogP contribution in [0.1, 0.15) is 29.7 Å². The number of hydrogen-bond donors (Lipinski definition) is 2. The normalized spacial score (nSPS) is 17.4. The van der Waals surface area contributed by atoms with Crippen LogP contribution in [0.5, 0.6) is 11.5 Å². The molecular weight excluding hydrogens is 442 g/mol. The number of phenolic OH excluding ortho intramolecular Hbond substituents is 1. The highest BCUT2D eigenvalue weighted by molar-refractivity contribution is 6.51. The predicted molar refractivity (Wildman–Crippen MR) is 127 cm³/mol. The number of Topliss-reactive ketones (excluding diaryl/α,β-unsaturated/α-hetero) is 1. The van der Waals surface area contributed by atoms with E-state index in [1.54, 1.807) is 36.4 Å². The number of carbonyl (C=O) groups excluding carboxylic acids is 2. The van der Waals surface area contributed by atoms with E-state index in [1.807, 2.05) is 19.1 Å². The number of hydrogen-bond acceptors (Lipinski definition) is 5. The van der Waals surface area contributed by atoms with E-state index in [-0.39, 0.29) is 17.1 Å². The second-order valence-electron chi connectivity index (χ2n) is 7.63. The highest BCUT2D eigenvalue weighted by atomic mass is 35.5. The molecule has 0 spiro atoms. The van der Waals surface area contributed by atoms with Gasteiger partial charge >= 0.3 is 0 Å². The van der Waals surface area contributed by atoms with Crippen molar-refractivity contribution in [1.29, 1.82) is 0 Å². The Bertz CT molecular complexity index is 1250. The van der Waals surface area contributed by atoms with Crippen LogP contribution in [0, 0.1) is 0 Å². The average molecular weight is 464 g/mol. The molecule has 3 aromatic carbocycles. The molecule has 1 fully saturated rings. The highest BCUT2D eigenvalue weighted by Gasteiger charge is 2.47. The summed E-state index contributed by atoms with van der Waals surface area (Å²) in [4.78, 5) is 27.7. The summed E-state index contributed by atoms with van der Waals surface area (Å²) in [6, 6.07) is 17.3. The molecule has 2 N–H and O–H groups in total. The number of ketones is 1. The number of ether oxygens (including phenoxy) is 1. The van der Waals surface area contributed by atoms with Crippen molar-refractivity contribution in [2.45, 2.75) is 19.4 Å². The largest absolute Gasteiger partial charge is 0.508 e. The van der Waals surface area contributed by atoms with Crippen molar-refractivity contribution in [1.82, 2.24) is 0 Å². The minimum Gasteiger partial charge on any atom is -0.508 e. The highest BCUT2D eigenvalue weighted by Crippen LogP contribution is 2.43. The molecule has 1 amide bonds. The van der Waals surface area contributed by atoms with Crippen molar-refractivity contribution >= 4 is 34.7 Å². The fraction of sp³-hybridized carbons (Fsp3) is 0.154. The molecule has 0 saturated carbocycles. The van der Waals surface area contributed by atoms with Gasteiger partial charge in [0.2, 0.25) is 0 Å². The van der Waals surface area contributed by atoms with E-state index in [0.29, 0.717) is 27.6 Å². The number of phenols is 1. The van der Waals surface area contributed by atoms with E-state index in [0.717, 1.165) is 12.0 Å². The average Bonchev–Trinajstić information content (AvgIpc) is 3.10. The first kappa shape index (κ1) is 22.4. The lowest BCUT2D eigenvalue weighted by molar-refractivity contribution is -0.132. The first-order valence-electron chi connectivity index (χ1n) is 10.4. The molecule has 1 saturated heterocycles. The van der Waals surface area contributed by atoms with Gasteiger partial charge < -0.3 is 14.9 Å². The molecule has 0 aliphatic carbocycles. The van der Waals surface area contributed by atoms with Crippen LogP contribution >= 0.6 is 11.6 Å². The first-order valence-corrected chi connectivity index (χ1v) is 10.8. The molecule has 1 heterocycles. The molecule has 1 aliphatic heterocycles. The molecule has 0 aromatic heterocycles. The molecule has 33 heavy (non-hydrogen) atoms. The van der Waals surface area contributed by atoms with E-state index in [1.165, 1.54) is 30.2 Å². The van der Waals surface area contributed by atoms with Crippen LogP contribution in [0.4, 0.5) is 5.69 Å². The fourth-order valence-corrected chi connectivity index (χ4v) is 4.12. The van der Waals surface area contributed by atoms with Gasteiger partial charge in [-0.3, -0.25) is 14.5 Å². The molecule has 7 heteroatoms. The third-order valence-electron chi connectivity index (χ3n) is 5.70. The predicted octanol–water partition coefficient (Wildman–Crippen LogP) is 5.24. The second kappa shape index (κ2) is 9.00. The number of aliphatic hydroxyl groups excluding tert-OH is 1. The topological polar surface area (TPSA) is 87.1 Å². The van der Waals surface area contributed by atoms with Crippen LogP contribution in [-0.2, 0) is 16.0 Å². The van der Waals surface area contributed by atoms with Crippen molar-refractivity contribution in [3.63, 3.8) is 0 Å². The summed E-state index contributed by atoms with van der Waals surface area (Å²) >= 11 is 6.10. The zero-order valence-corrected chi connectivity index (χ0v) is 18.8. The second-order valence-corrected chi connectivity index (χ2v) is 8.04. The van der Waals surface area contributed by atoms with E-state index in [4.69, 9.17) is 16.3 Å². The van der Waals surface area contributed by atoms with Crippen molar-refractivity contribution < 1.29 is 24.5 Å². The maximum Gasteiger partial charge on any atom is 0.300 e. The van der Waals surface area contributed by atoms with Gasteiger partial charge in [0.15, 0.2) is 0 Å². The van der Waals surface area contributed by atoms with Crippen LogP contribution in [0.15, 0.2) is 72.3 Å². The van der Waals surface area contributed by atoms with Crippen LogP contribution in [0.3, 0.4) is 0 Å². The molecule has 6 nitrogen and oxygen atoms in total. The number of aryl methyl sites for hydroxylation is 1. The smallest absolute Gasteiger partial charge is 0.300 e. The summed E-state index contributed by atoms with van der Waals surface area (Å²) in [6.45, 7) is 2.03. The van der Waals surface area contributed by atoms with E-state index >= 15 is 0 Å². The number of aromatic hydroxyl groups is 1. The molecule has 1 aliphatic rings. The Morgan fingerprint density at radius 2 is 1.70 bits per heavy atom. The molecule has 1 atom stereocenters. The minimum absolute atomic E-state index is 0.0467.